The molecule has 0 saturated heterocycles. The highest BCUT2D eigenvalue weighted by molar-refractivity contribution is 9.11. The first-order valence-electron chi connectivity index (χ1n) is 5.96. The zero-order valence-electron chi connectivity index (χ0n) is 10.8. The molecule has 1 N–H and O–H groups in total. The third-order valence-electron chi connectivity index (χ3n) is 2.82. The molecule has 21 heavy (non-hydrogen) atoms. The molecule has 0 amide bonds. The fourth-order valence-electron chi connectivity index (χ4n) is 1.73. The van der Waals surface area contributed by atoms with Crippen molar-refractivity contribution < 1.29 is 14.8 Å². The molecule has 0 aromatic heterocycles. The lowest BCUT2D eigenvalue weighted by atomic mass is 10.2. The van der Waals surface area contributed by atoms with Gasteiger partial charge in [-0.2, -0.15) is 0 Å². The van der Waals surface area contributed by atoms with Crippen LogP contribution in [0.1, 0.15) is 11.1 Å². The van der Waals surface area contributed by atoms with Crippen molar-refractivity contribution in [3.8, 4) is 5.75 Å². The number of hydrogen-bond acceptors (Lipinski definition) is 4. The fraction of sp³-hybridized carbons (Fsp3) is 0.143. The van der Waals surface area contributed by atoms with Crippen molar-refractivity contribution in [1.82, 2.24) is 0 Å². The first kappa shape index (κ1) is 15.9. The van der Waals surface area contributed by atoms with Crippen LogP contribution in [0.15, 0.2) is 45.3 Å². The van der Waals surface area contributed by atoms with Crippen LogP contribution in [-0.4, -0.2) is 10.0 Å². The Bertz CT molecular complexity index is 676. The summed E-state index contributed by atoms with van der Waals surface area (Å²) in [6.07, 6.45) is 0. The van der Waals surface area contributed by atoms with Gasteiger partial charge in [-0.25, -0.2) is 0 Å². The summed E-state index contributed by atoms with van der Waals surface area (Å²) in [6.45, 7) is 0.147. The first-order valence-corrected chi connectivity index (χ1v) is 7.55. The van der Waals surface area contributed by atoms with Crippen LogP contribution in [0, 0.1) is 10.1 Å². The molecule has 0 atom stereocenters. The molecule has 5 nitrogen and oxygen atoms in total. The smallest absolute Gasteiger partial charge is 0.283 e. The molecule has 0 fully saturated rings. The summed E-state index contributed by atoms with van der Waals surface area (Å²) in [7, 11) is 0. The monoisotopic (exact) mass is 415 g/mol. The average Bonchev–Trinajstić information content (AvgIpc) is 2.46. The van der Waals surface area contributed by atoms with Crippen LogP contribution >= 0.6 is 31.9 Å². The van der Waals surface area contributed by atoms with Crippen LogP contribution in [-0.2, 0) is 13.2 Å². The van der Waals surface area contributed by atoms with E-state index in [-0.39, 0.29) is 18.9 Å². The van der Waals surface area contributed by atoms with Crippen LogP contribution in [0.4, 0.5) is 5.69 Å². The van der Waals surface area contributed by atoms with E-state index in [1.807, 2.05) is 0 Å². The van der Waals surface area contributed by atoms with Crippen LogP contribution in [0.5, 0.6) is 5.75 Å². The third-order valence-corrected chi connectivity index (χ3v) is 4.35. The van der Waals surface area contributed by atoms with Gasteiger partial charge < -0.3 is 9.84 Å². The number of nitro benzene ring substituents is 1. The van der Waals surface area contributed by atoms with Gasteiger partial charge in [0.25, 0.3) is 5.69 Å². The summed E-state index contributed by atoms with van der Waals surface area (Å²) in [5.74, 6) is 0.602. The van der Waals surface area contributed by atoms with E-state index in [0.717, 1.165) is 10.0 Å². The normalized spacial score (nSPS) is 10.4. The van der Waals surface area contributed by atoms with Gasteiger partial charge in [-0.1, -0.05) is 18.2 Å². The zero-order chi connectivity index (χ0) is 15.4. The summed E-state index contributed by atoms with van der Waals surface area (Å²) in [6, 6.07) is 10.1. The molecule has 7 heteroatoms. The minimum absolute atomic E-state index is 0.00536. The minimum Gasteiger partial charge on any atom is -0.488 e. The van der Waals surface area contributed by atoms with Crippen molar-refractivity contribution in [2.75, 3.05) is 0 Å². The maximum atomic E-state index is 10.9. The Hall–Kier alpha value is -1.44. The predicted octanol–water partition coefficient (Wildman–Crippen LogP) is 4.19. The van der Waals surface area contributed by atoms with E-state index < -0.39 is 4.92 Å². The predicted molar refractivity (Wildman–Crippen MR) is 85.2 cm³/mol. The SMILES string of the molecule is O=[N+]([O-])c1cccc(COc2ccc(CO)cc2Br)c1Br. The topological polar surface area (TPSA) is 72.6 Å². The number of rotatable bonds is 5. The largest absolute Gasteiger partial charge is 0.488 e. The molecule has 0 aliphatic carbocycles. The van der Waals surface area contributed by atoms with Crippen molar-refractivity contribution >= 4 is 37.5 Å². The van der Waals surface area contributed by atoms with E-state index in [4.69, 9.17) is 9.84 Å². The Kier molecular flexibility index (Phi) is 5.33. The standard InChI is InChI=1S/C14H11Br2NO4/c15-11-6-9(7-18)4-5-13(11)21-8-10-2-1-3-12(14(10)16)17(19)20/h1-6,18H,7-8H2. The van der Waals surface area contributed by atoms with Crippen LogP contribution in [0.25, 0.3) is 0 Å². The summed E-state index contributed by atoms with van der Waals surface area (Å²) >= 11 is 6.59. The molecule has 0 aliphatic heterocycles. The van der Waals surface area contributed by atoms with Gasteiger partial charge in [-0.15, -0.1) is 0 Å². The molecule has 0 radical (unpaired) electrons. The maximum Gasteiger partial charge on any atom is 0.283 e. The number of aliphatic hydroxyl groups is 1. The lowest BCUT2D eigenvalue weighted by Gasteiger charge is -2.10. The van der Waals surface area contributed by atoms with Gasteiger partial charge in [0.05, 0.1) is 16.0 Å². The van der Waals surface area contributed by atoms with Gasteiger partial charge in [-0.3, -0.25) is 10.1 Å². The number of aliphatic hydroxyl groups excluding tert-OH is 1. The summed E-state index contributed by atoms with van der Waals surface area (Å²) in [4.78, 5) is 10.4. The highest BCUT2D eigenvalue weighted by Gasteiger charge is 2.15. The second-order valence-corrected chi connectivity index (χ2v) is 5.87. The summed E-state index contributed by atoms with van der Waals surface area (Å²) < 4.78 is 6.79. The molecule has 2 rings (SSSR count). The molecule has 0 unspecified atom stereocenters. The fourth-order valence-corrected chi connectivity index (χ4v) is 2.80. The van der Waals surface area contributed by atoms with E-state index in [1.54, 1.807) is 30.3 Å². The Morgan fingerprint density at radius 3 is 2.62 bits per heavy atom. The second kappa shape index (κ2) is 7.02. The molecular weight excluding hydrogens is 406 g/mol. The number of halogens is 2. The Morgan fingerprint density at radius 1 is 1.24 bits per heavy atom. The molecule has 0 spiro atoms. The Morgan fingerprint density at radius 2 is 2.00 bits per heavy atom. The van der Waals surface area contributed by atoms with Gasteiger partial charge in [-0.05, 0) is 49.6 Å². The van der Waals surface area contributed by atoms with E-state index in [9.17, 15) is 10.1 Å². The minimum atomic E-state index is -0.445. The third kappa shape index (κ3) is 3.81. The van der Waals surface area contributed by atoms with Crippen LogP contribution < -0.4 is 4.74 Å². The van der Waals surface area contributed by atoms with Gasteiger partial charge in [0.1, 0.15) is 16.8 Å². The Balaban J connectivity index is 2.17. The number of hydrogen-bond donors (Lipinski definition) is 1. The maximum absolute atomic E-state index is 10.9. The van der Waals surface area contributed by atoms with Crippen molar-refractivity contribution in [2.45, 2.75) is 13.2 Å². The quantitative estimate of drug-likeness (QED) is 0.585. The van der Waals surface area contributed by atoms with Crippen LogP contribution in [0.3, 0.4) is 0 Å². The lowest BCUT2D eigenvalue weighted by molar-refractivity contribution is -0.385. The molecule has 2 aromatic carbocycles. The number of nitrogens with zero attached hydrogens (tertiary/aromatic N) is 1. The second-order valence-electron chi connectivity index (χ2n) is 4.22. The number of ether oxygens (including phenoxy) is 1. The van der Waals surface area contributed by atoms with Crippen molar-refractivity contribution in [2.24, 2.45) is 0 Å². The number of nitro groups is 1. The van der Waals surface area contributed by atoms with Crippen molar-refractivity contribution in [1.29, 1.82) is 0 Å². The van der Waals surface area contributed by atoms with E-state index in [0.29, 0.717) is 15.8 Å². The van der Waals surface area contributed by atoms with Gasteiger partial charge in [0.15, 0.2) is 0 Å². The molecule has 0 saturated carbocycles. The van der Waals surface area contributed by atoms with Gasteiger partial charge >= 0.3 is 0 Å². The Labute approximate surface area is 138 Å². The number of benzene rings is 2. The van der Waals surface area contributed by atoms with Gasteiger partial charge in [0, 0.05) is 11.6 Å². The molecule has 0 bridgehead atoms. The van der Waals surface area contributed by atoms with Crippen LogP contribution in [0.2, 0.25) is 0 Å². The highest BCUT2D eigenvalue weighted by atomic mass is 79.9. The summed E-state index contributed by atoms with van der Waals surface area (Å²) in [5, 5.41) is 19.9. The van der Waals surface area contributed by atoms with E-state index in [2.05, 4.69) is 31.9 Å². The summed E-state index contributed by atoms with van der Waals surface area (Å²) in [5.41, 5.74) is 1.46. The lowest BCUT2D eigenvalue weighted by Crippen LogP contribution is -2.00. The molecule has 2 aromatic rings. The zero-order valence-corrected chi connectivity index (χ0v) is 13.9. The van der Waals surface area contributed by atoms with Gasteiger partial charge in [0.2, 0.25) is 0 Å². The van der Waals surface area contributed by atoms with Crippen molar-refractivity contribution in [3.63, 3.8) is 0 Å². The van der Waals surface area contributed by atoms with Crippen molar-refractivity contribution in [3.05, 3.63) is 66.6 Å². The first-order chi connectivity index (χ1) is 10.0. The van der Waals surface area contributed by atoms with E-state index >= 15 is 0 Å². The highest BCUT2D eigenvalue weighted by Crippen LogP contribution is 2.31. The molecular formula is C14H11Br2NO4. The molecule has 110 valence electrons. The average molecular weight is 417 g/mol. The van der Waals surface area contributed by atoms with E-state index in [1.165, 1.54) is 6.07 Å². The molecule has 0 heterocycles. The molecule has 0 aliphatic rings.